The Bertz CT molecular complexity index is 786. The van der Waals surface area contributed by atoms with Crippen LogP contribution in [0.1, 0.15) is 5.56 Å². The van der Waals surface area contributed by atoms with Gasteiger partial charge in [0.05, 0.1) is 11.0 Å². The lowest BCUT2D eigenvalue weighted by Gasteiger charge is -2.06. The molecule has 0 fully saturated rings. The molecule has 0 spiro atoms. The van der Waals surface area contributed by atoms with E-state index in [1.54, 1.807) is 0 Å². The molecule has 18 heavy (non-hydrogen) atoms. The van der Waals surface area contributed by atoms with Gasteiger partial charge in [-0.05, 0) is 71.6 Å². The third kappa shape index (κ3) is 1.89. The van der Waals surface area contributed by atoms with Crippen molar-refractivity contribution >= 4 is 45.8 Å². The number of H-pyrrole nitrogens is 1. The number of para-hydroxylation sites is 1. The summed E-state index contributed by atoms with van der Waals surface area (Å²) < 4.78 is 4.04. The molecule has 0 atom stereocenters. The summed E-state index contributed by atoms with van der Waals surface area (Å²) in [7, 11) is 0. The molecule has 3 rings (SSSR count). The average Bonchev–Trinajstić information content (AvgIpc) is 2.67. The number of fused-ring (bicyclic) bond motifs is 1. The highest BCUT2D eigenvalue weighted by atomic mass is 127. The number of aromatic amines is 1. The smallest absolute Gasteiger partial charge is 0.182 e. The van der Waals surface area contributed by atoms with E-state index in [0.717, 1.165) is 21.5 Å². The number of rotatable bonds is 1. The van der Waals surface area contributed by atoms with E-state index in [9.17, 15) is 0 Å². The summed E-state index contributed by atoms with van der Waals surface area (Å²) in [6, 6.07) is 14.6. The average molecular weight is 366 g/mol. The van der Waals surface area contributed by atoms with E-state index in [2.05, 4.69) is 75.5 Å². The van der Waals surface area contributed by atoms with Crippen LogP contribution in [0, 0.1) is 15.3 Å². The normalized spacial score (nSPS) is 11.0. The highest BCUT2D eigenvalue weighted by molar-refractivity contribution is 14.1. The van der Waals surface area contributed by atoms with Crippen molar-refractivity contribution < 1.29 is 0 Å². The van der Waals surface area contributed by atoms with Crippen LogP contribution >= 0.6 is 34.8 Å². The quantitative estimate of drug-likeness (QED) is 0.493. The van der Waals surface area contributed by atoms with Gasteiger partial charge < -0.3 is 4.98 Å². The van der Waals surface area contributed by atoms with Gasteiger partial charge in [0.15, 0.2) is 4.77 Å². The van der Waals surface area contributed by atoms with E-state index in [-0.39, 0.29) is 0 Å². The van der Waals surface area contributed by atoms with Crippen molar-refractivity contribution in [2.24, 2.45) is 0 Å². The molecule has 1 N–H and O–H groups in total. The predicted molar refractivity (Wildman–Crippen MR) is 85.9 cm³/mol. The first kappa shape index (κ1) is 11.9. The predicted octanol–water partition coefficient (Wildman–Crippen LogP) is 4.60. The Kier molecular flexibility index (Phi) is 2.99. The SMILES string of the molecule is Cc1cccc2[nH]c(=S)n(-c3cccc(I)c3)c12. The van der Waals surface area contributed by atoms with Crippen LogP contribution < -0.4 is 0 Å². The van der Waals surface area contributed by atoms with E-state index >= 15 is 0 Å². The zero-order chi connectivity index (χ0) is 12.7. The maximum atomic E-state index is 5.44. The fraction of sp³-hybridized carbons (Fsp3) is 0.0714. The third-order valence-corrected chi connectivity index (χ3v) is 3.93. The van der Waals surface area contributed by atoms with E-state index < -0.39 is 0 Å². The number of aromatic nitrogens is 2. The molecule has 0 saturated carbocycles. The second kappa shape index (κ2) is 4.51. The number of aryl methyl sites for hydroxylation is 1. The number of imidazole rings is 1. The van der Waals surface area contributed by atoms with Crippen LogP contribution in [0.15, 0.2) is 42.5 Å². The van der Waals surface area contributed by atoms with E-state index in [1.807, 2.05) is 6.07 Å². The summed E-state index contributed by atoms with van der Waals surface area (Å²) >= 11 is 7.76. The molecule has 0 aliphatic heterocycles. The molecule has 2 nitrogen and oxygen atoms in total. The number of halogens is 1. The first-order valence-corrected chi connectivity index (χ1v) is 7.12. The molecular formula is C14H11IN2S. The van der Waals surface area contributed by atoms with Crippen LogP contribution in [0.3, 0.4) is 0 Å². The maximum Gasteiger partial charge on any atom is 0.182 e. The van der Waals surface area contributed by atoms with Crippen LogP contribution in [-0.2, 0) is 0 Å². The summed E-state index contributed by atoms with van der Waals surface area (Å²) in [5.74, 6) is 0. The van der Waals surface area contributed by atoms with Gasteiger partial charge in [0.2, 0.25) is 0 Å². The zero-order valence-electron chi connectivity index (χ0n) is 9.77. The minimum Gasteiger partial charge on any atom is -0.330 e. The van der Waals surface area contributed by atoms with Gasteiger partial charge in [0, 0.05) is 9.26 Å². The van der Waals surface area contributed by atoms with Crippen LogP contribution in [0.4, 0.5) is 0 Å². The highest BCUT2D eigenvalue weighted by Crippen LogP contribution is 2.23. The lowest BCUT2D eigenvalue weighted by Crippen LogP contribution is -1.95. The van der Waals surface area contributed by atoms with Crippen LogP contribution in [0.2, 0.25) is 0 Å². The largest absolute Gasteiger partial charge is 0.330 e. The van der Waals surface area contributed by atoms with Gasteiger partial charge in [-0.1, -0.05) is 18.2 Å². The maximum absolute atomic E-state index is 5.44. The molecule has 0 unspecified atom stereocenters. The second-order valence-corrected chi connectivity index (χ2v) is 5.85. The molecule has 0 saturated heterocycles. The van der Waals surface area contributed by atoms with Gasteiger partial charge in [0.1, 0.15) is 0 Å². The first-order chi connectivity index (χ1) is 8.66. The van der Waals surface area contributed by atoms with Crippen molar-refractivity contribution in [3.63, 3.8) is 0 Å². The number of nitrogens with zero attached hydrogens (tertiary/aromatic N) is 1. The molecule has 90 valence electrons. The Labute approximate surface area is 124 Å². The van der Waals surface area contributed by atoms with Gasteiger partial charge in [-0.3, -0.25) is 4.57 Å². The summed E-state index contributed by atoms with van der Waals surface area (Å²) in [4.78, 5) is 3.26. The molecule has 1 aromatic heterocycles. The molecule has 0 aliphatic carbocycles. The Morgan fingerprint density at radius 3 is 2.72 bits per heavy atom. The van der Waals surface area contributed by atoms with Crippen LogP contribution in [0.25, 0.3) is 16.7 Å². The molecule has 1 heterocycles. The van der Waals surface area contributed by atoms with E-state index in [1.165, 1.54) is 9.13 Å². The zero-order valence-corrected chi connectivity index (χ0v) is 12.7. The summed E-state index contributed by atoms with van der Waals surface area (Å²) in [5.41, 5.74) is 4.56. The van der Waals surface area contributed by atoms with Crippen molar-refractivity contribution in [2.45, 2.75) is 6.92 Å². The molecule has 0 radical (unpaired) electrons. The minimum atomic E-state index is 0.737. The number of nitrogens with one attached hydrogen (secondary N) is 1. The van der Waals surface area contributed by atoms with Crippen LogP contribution in [0.5, 0.6) is 0 Å². The van der Waals surface area contributed by atoms with Crippen molar-refractivity contribution in [3.05, 3.63) is 56.4 Å². The second-order valence-electron chi connectivity index (χ2n) is 4.22. The van der Waals surface area contributed by atoms with Crippen molar-refractivity contribution in [1.82, 2.24) is 9.55 Å². The highest BCUT2D eigenvalue weighted by Gasteiger charge is 2.08. The monoisotopic (exact) mass is 366 g/mol. The standard InChI is InChI=1S/C14H11IN2S/c1-9-4-2-7-12-13(9)17(14(18)16-12)11-6-3-5-10(15)8-11/h2-8H,1H3,(H,16,18). The lowest BCUT2D eigenvalue weighted by molar-refractivity contribution is 1.06. The van der Waals surface area contributed by atoms with Gasteiger partial charge in [0.25, 0.3) is 0 Å². The molecule has 0 aliphatic rings. The fourth-order valence-electron chi connectivity index (χ4n) is 2.19. The topological polar surface area (TPSA) is 20.7 Å². The van der Waals surface area contributed by atoms with Crippen molar-refractivity contribution in [2.75, 3.05) is 0 Å². The Balaban J connectivity index is 2.42. The third-order valence-electron chi connectivity index (χ3n) is 2.97. The number of hydrogen-bond donors (Lipinski definition) is 1. The van der Waals surface area contributed by atoms with Gasteiger partial charge in [-0.15, -0.1) is 0 Å². The number of hydrogen-bond acceptors (Lipinski definition) is 1. The molecule has 2 aromatic carbocycles. The van der Waals surface area contributed by atoms with E-state index in [0.29, 0.717) is 0 Å². The molecule has 0 bridgehead atoms. The summed E-state index contributed by atoms with van der Waals surface area (Å²) in [5, 5.41) is 0. The van der Waals surface area contributed by atoms with Gasteiger partial charge >= 0.3 is 0 Å². The van der Waals surface area contributed by atoms with Gasteiger partial charge in [-0.25, -0.2) is 0 Å². The summed E-state index contributed by atoms with van der Waals surface area (Å²) in [6.07, 6.45) is 0. The van der Waals surface area contributed by atoms with Crippen molar-refractivity contribution in [3.8, 4) is 5.69 Å². The van der Waals surface area contributed by atoms with Crippen LogP contribution in [-0.4, -0.2) is 9.55 Å². The summed E-state index contributed by atoms with van der Waals surface area (Å²) in [6.45, 7) is 2.11. The number of benzene rings is 2. The molecule has 3 aromatic rings. The molecule has 0 amide bonds. The molecule has 4 heteroatoms. The Morgan fingerprint density at radius 1 is 1.17 bits per heavy atom. The van der Waals surface area contributed by atoms with E-state index in [4.69, 9.17) is 12.2 Å². The first-order valence-electron chi connectivity index (χ1n) is 5.63. The fourth-order valence-corrected chi connectivity index (χ4v) is 3.02. The van der Waals surface area contributed by atoms with Gasteiger partial charge in [-0.2, -0.15) is 0 Å². The Morgan fingerprint density at radius 2 is 1.94 bits per heavy atom. The minimum absolute atomic E-state index is 0.737. The van der Waals surface area contributed by atoms with Crippen molar-refractivity contribution in [1.29, 1.82) is 0 Å². The lowest BCUT2D eigenvalue weighted by atomic mass is 10.2. The Hall–Kier alpha value is -1.14. The molecular weight excluding hydrogens is 355 g/mol.